The normalized spacial score (nSPS) is 14.1. The Hall–Kier alpha value is -5.62. The molecule has 350 valence electrons. The van der Waals surface area contributed by atoms with Gasteiger partial charge in [-0.05, 0) is 53.1 Å². The van der Waals surface area contributed by atoms with Crippen LogP contribution < -0.4 is 0 Å². The predicted octanol–water partition coefficient (Wildman–Crippen LogP) is 13.2. The molecule has 0 aliphatic rings. The molecule has 66 heavy (non-hydrogen) atoms. The summed E-state index contributed by atoms with van der Waals surface area (Å²) in [4.78, 5) is -0.880. The minimum atomic E-state index is -4.72. The summed E-state index contributed by atoms with van der Waals surface area (Å²) in [5.74, 6) is -1.20. The number of fused-ring (bicyclic) bond motifs is 2. The van der Waals surface area contributed by atoms with Crippen LogP contribution in [0.4, 0.5) is 22.7 Å². The van der Waals surface area contributed by atoms with Gasteiger partial charge in [0, 0.05) is 38.6 Å². The van der Waals surface area contributed by atoms with E-state index in [2.05, 4.69) is 34.3 Å². The molecule has 6 aromatic rings. The van der Waals surface area contributed by atoms with E-state index in [0.29, 0.717) is 36.8 Å². The summed E-state index contributed by atoms with van der Waals surface area (Å²) < 4.78 is 69.9. The van der Waals surface area contributed by atoms with Crippen molar-refractivity contribution in [2.45, 2.75) is 108 Å². The standard InChI is InChI=1S/C50H58N4O10S2/c1-7-29(8-2)46(32-21-23-40(38(25-32)47(55)30(9-3)10-4)51-53-42-27-44(65(59,60)61)34-17-13-15-19-36(34)49(42)57)33-22-24-41(39(26-33)48(56)31(11-5)12-6)52-54-43-28-45(66(62,63)64)35-18-14-16-20-37(35)50(43)58/h13-31,46-48,55-58H,7-12H2,1-6H3,(H,59,60,61)(H,62,63,64). The molecule has 0 amide bonds. The minimum Gasteiger partial charge on any atom is -0.505 e. The highest BCUT2D eigenvalue weighted by Crippen LogP contribution is 2.46. The second kappa shape index (κ2) is 20.9. The summed E-state index contributed by atoms with van der Waals surface area (Å²) in [6, 6.07) is 25.5. The topological polar surface area (TPSA) is 239 Å². The van der Waals surface area contributed by atoms with E-state index in [-0.39, 0.29) is 79.5 Å². The minimum absolute atomic E-state index is 0.0722. The molecule has 0 saturated carbocycles. The van der Waals surface area contributed by atoms with Gasteiger partial charge in [-0.3, -0.25) is 9.11 Å². The first-order valence-corrected chi connectivity index (χ1v) is 25.2. The first-order valence-electron chi connectivity index (χ1n) is 22.3. The van der Waals surface area contributed by atoms with Gasteiger partial charge in [0.15, 0.2) is 11.5 Å². The highest BCUT2D eigenvalue weighted by Gasteiger charge is 2.30. The number of benzene rings is 6. The van der Waals surface area contributed by atoms with Gasteiger partial charge in [0.2, 0.25) is 0 Å². The molecule has 0 radical (unpaired) electrons. The monoisotopic (exact) mass is 938 g/mol. The highest BCUT2D eigenvalue weighted by atomic mass is 32.2. The molecule has 6 rings (SSSR count). The number of rotatable bonds is 19. The van der Waals surface area contributed by atoms with Gasteiger partial charge in [0.05, 0.1) is 23.6 Å². The Morgan fingerprint density at radius 3 is 1.08 bits per heavy atom. The third-order valence-corrected chi connectivity index (χ3v) is 14.8. The van der Waals surface area contributed by atoms with Crippen LogP contribution in [-0.4, -0.2) is 46.4 Å². The van der Waals surface area contributed by atoms with E-state index in [4.69, 9.17) is 0 Å². The van der Waals surface area contributed by atoms with Crippen molar-refractivity contribution in [3.63, 3.8) is 0 Å². The zero-order chi connectivity index (χ0) is 48.1. The van der Waals surface area contributed by atoms with E-state index in [9.17, 15) is 46.4 Å². The van der Waals surface area contributed by atoms with E-state index in [1.165, 1.54) is 24.3 Å². The largest absolute Gasteiger partial charge is 0.505 e. The quantitative estimate of drug-likeness (QED) is 0.0331. The lowest BCUT2D eigenvalue weighted by molar-refractivity contribution is 0.103. The average Bonchev–Trinajstić information content (AvgIpc) is 3.30. The number of nitrogens with zero attached hydrogens (tertiary/aromatic N) is 4. The molecule has 0 aromatic heterocycles. The van der Waals surface area contributed by atoms with E-state index in [1.54, 1.807) is 36.4 Å². The van der Waals surface area contributed by atoms with Gasteiger partial charge in [0.25, 0.3) is 20.2 Å². The fourth-order valence-electron chi connectivity index (χ4n) is 9.08. The molecule has 0 fully saturated rings. The highest BCUT2D eigenvalue weighted by molar-refractivity contribution is 7.86. The second-order valence-electron chi connectivity index (χ2n) is 16.7. The molecule has 0 heterocycles. The Morgan fingerprint density at radius 1 is 0.439 bits per heavy atom. The first-order chi connectivity index (χ1) is 31.4. The van der Waals surface area contributed by atoms with Crippen molar-refractivity contribution in [2.24, 2.45) is 38.2 Å². The number of aromatic hydroxyl groups is 2. The van der Waals surface area contributed by atoms with Crippen LogP contribution in [0.1, 0.15) is 120 Å². The van der Waals surface area contributed by atoms with E-state index in [0.717, 1.165) is 36.1 Å². The third kappa shape index (κ3) is 10.3. The van der Waals surface area contributed by atoms with Gasteiger partial charge in [-0.2, -0.15) is 27.1 Å². The van der Waals surface area contributed by atoms with Crippen LogP contribution in [0.25, 0.3) is 21.5 Å². The Bertz CT molecular complexity index is 2800. The van der Waals surface area contributed by atoms with Gasteiger partial charge in [-0.25, -0.2) is 0 Å². The Kier molecular flexibility index (Phi) is 15.8. The van der Waals surface area contributed by atoms with Crippen molar-refractivity contribution in [1.82, 2.24) is 0 Å². The fraction of sp³-hybridized carbons (Fsp3) is 0.360. The van der Waals surface area contributed by atoms with E-state index in [1.807, 2.05) is 52.0 Å². The van der Waals surface area contributed by atoms with Crippen LogP contribution in [0.3, 0.4) is 0 Å². The molecule has 0 aliphatic heterocycles. The molecule has 0 spiro atoms. The smallest absolute Gasteiger partial charge is 0.295 e. The molecule has 2 unspecified atom stereocenters. The molecular formula is C50H58N4O10S2. The summed E-state index contributed by atoms with van der Waals surface area (Å²) in [7, 11) is -9.43. The first kappa shape index (κ1) is 49.8. The fourth-order valence-corrected chi connectivity index (χ4v) is 10.5. The number of phenolic OH excluding ortho intramolecular Hbond substituents is 2. The zero-order valence-electron chi connectivity index (χ0n) is 37.9. The number of azo groups is 2. The van der Waals surface area contributed by atoms with E-state index >= 15 is 0 Å². The second-order valence-corrected chi connectivity index (χ2v) is 19.4. The Morgan fingerprint density at radius 2 is 0.758 bits per heavy atom. The summed E-state index contributed by atoms with van der Waals surface area (Å²) in [6.45, 7) is 12.1. The van der Waals surface area contributed by atoms with Crippen LogP contribution in [0, 0.1) is 17.8 Å². The van der Waals surface area contributed by atoms with Crippen LogP contribution >= 0.6 is 0 Å². The summed E-state index contributed by atoms with van der Waals surface area (Å²) in [6.07, 6.45) is 2.17. The zero-order valence-corrected chi connectivity index (χ0v) is 39.5. The van der Waals surface area contributed by atoms with Crippen molar-refractivity contribution in [1.29, 1.82) is 0 Å². The van der Waals surface area contributed by atoms with Crippen molar-refractivity contribution in [2.75, 3.05) is 0 Å². The molecule has 0 aliphatic carbocycles. The van der Waals surface area contributed by atoms with Crippen LogP contribution in [0.2, 0.25) is 0 Å². The lowest BCUT2D eigenvalue weighted by atomic mass is 9.76. The molecular weight excluding hydrogens is 881 g/mol. The van der Waals surface area contributed by atoms with Crippen LogP contribution in [-0.2, 0) is 20.2 Å². The SMILES string of the molecule is CCC(CC)C(O)c1cc(C(c2ccc(N=Nc3cc(S(=O)(=O)O)c4ccccc4c3O)c(C(O)C(CC)CC)c2)C(CC)CC)ccc1N=Nc1cc(S(=O)(=O)O)c2ccccc2c1O. The Balaban J connectivity index is 1.52. The summed E-state index contributed by atoms with van der Waals surface area (Å²) in [5.41, 5.74) is 2.82. The van der Waals surface area contributed by atoms with Gasteiger partial charge in [0.1, 0.15) is 21.2 Å². The van der Waals surface area contributed by atoms with Gasteiger partial charge in [-0.15, -0.1) is 10.2 Å². The molecule has 6 N–H and O–H groups in total. The van der Waals surface area contributed by atoms with Crippen molar-refractivity contribution in [3.05, 3.63) is 119 Å². The van der Waals surface area contributed by atoms with Crippen molar-refractivity contribution >= 4 is 64.5 Å². The van der Waals surface area contributed by atoms with Crippen molar-refractivity contribution in [3.8, 4) is 11.5 Å². The molecule has 0 saturated heterocycles. The maximum atomic E-state index is 12.4. The number of hydrogen-bond donors (Lipinski definition) is 6. The predicted molar refractivity (Wildman–Crippen MR) is 256 cm³/mol. The van der Waals surface area contributed by atoms with E-state index < -0.39 is 42.2 Å². The summed E-state index contributed by atoms with van der Waals surface area (Å²) >= 11 is 0. The molecule has 14 nitrogen and oxygen atoms in total. The molecule has 2 atom stereocenters. The third-order valence-electron chi connectivity index (χ3n) is 13.0. The number of aliphatic hydroxyl groups excluding tert-OH is 2. The lowest BCUT2D eigenvalue weighted by Gasteiger charge is -2.30. The number of hydrogen-bond acceptors (Lipinski definition) is 12. The molecule has 0 bridgehead atoms. The summed E-state index contributed by atoms with van der Waals surface area (Å²) in [5, 5.41) is 64.5. The number of phenols is 2. The van der Waals surface area contributed by atoms with Gasteiger partial charge in [-0.1, -0.05) is 153 Å². The number of aliphatic hydroxyl groups is 2. The Labute approximate surface area is 386 Å². The van der Waals surface area contributed by atoms with Crippen LogP contribution in [0.15, 0.2) is 127 Å². The molecule has 6 aromatic carbocycles. The average molecular weight is 939 g/mol. The maximum absolute atomic E-state index is 12.4. The molecule has 16 heteroatoms. The lowest BCUT2D eigenvalue weighted by Crippen LogP contribution is -2.17. The van der Waals surface area contributed by atoms with Crippen molar-refractivity contribution < 1.29 is 46.4 Å². The van der Waals surface area contributed by atoms with Gasteiger partial charge >= 0.3 is 0 Å². The van der Waals surface area contributed by atoms with Crippen LogP contribution in [0.5, 0.6) is 11.5 Å². The van der Waals surface area contributed by atoms with Gasteiger partial charge < -0.3 is 20.4 Å². The maximum Gasteiger partial charge on any atom is 0.295 e.